The summed E-state index contributed by atoms with van der Waals surface area (Å²) in [5.41, 5.74) is 5.16. The minimum Gasteiger partial charge on any atom is -0.494 e. The molecule has 0 bridgehead atoms. The summed E-state index contributed by atoms with van der Waals surface area (Å²) in [6.45, 7) is 0.340. The van der Waals surface area contributed by atoms with Crippen molar-refractivity contribution in [2.75, 3.05) is 13.0 Å². The molecule has 0 atom stereocenters. The van der Waals surface area contributed by atoms with Crippen LogP contribution in [0.25, 0.3) is 16.0 Å². The number of thiophene rings is 1. The van der Waals surface area contributed by atoms with Crippen LogP contribution in [-0.4, -0.2) is 16.2 Å². The molecule has 3 aromatic heterocycles. The minimum atomic E-state index is -0.813. The topological polar surface area (TPSA) is 105 Å². The van der Waals surface area contributed by atoms with Crippen molar-refractivity contribution in [3.8, 4) is 16.2 Å². The summed E-state index contributed by atoms with van der Waals surface area (Å²) in [6, 6.07) is 3.57. The average molecular weight is 376 g/mol. The van der Waals surface area contributed by atoms with E-state index < -0.39 is 17.1 Å². The van der Waals surface area contributed by atoms with Crippen LogP contribution in [0.3, 0.4) is 0 Å². The molecule has 0 aromatic carbocycles. The third-order valence-electron chi connectivity index (χ3n) is 4.58. The van der Waals surface area contributed by atoms with Crippen molar-refractivity contribution in [2.45, 2.75) is 25.3 Å². The zero-order valence-corrected chi connectivity index (χ0v) is 14.8. The van der Waals surface area contributed by atoms with Gasteiger partial charge in [0.25, 0.3) is 5.56 Å². The largest absolute Gasteiger partial charge is 0.494 e. The van der Waals surface area contributed by atoms with Crippen LogP contribution in [0, 0.1) is 5.82 Å². The Hall–Kier alpha value is -2.65. The van der Waals surface area contributed by atoms with E-state index in [1.54, 1.807) is 6.07 Å². The summed E-state index contributed by atoms with van der Waals surface area (Å²) < 4.78 is 22.0. The second-order valence-electron chi connectivity index (χ2n) is 6.22. The van der Waals surface area contributed by atoms with E-state index in [2.05, 4.69) is 0 Å². The summed E-state index contributed by atoms with van der Waals surface area (Å²) in [5, 5.41) is 0. The number of rotatable bonds is 4. The Morgan fingerprint density at radius 1 is 1.35 bits per heavy atom. The molecule has 1 aliphatic carbocycles. The van der Waals surface area contributed by atoms with E-state index in [0.717, 1.165) is 28.3 Å². The molecule has 136 valence electrons. The van der Waals surface area contributed by atoms with Crippen molar-refractivity contribution in [3.63, 3.8) is 0 Å². The van der Waals surface area contributed by atoms with Crippen LogP contribution >= 0.6 is 11.3 Å². The summed E-state index contributed by atoms with van der Waals surface area (Å²) in [4.78, 5) is 26.5. The predicted molar refractivity (Wildman–Crippen MR) is 97.8 cm³/mol. The molecule has 7 nitrogen and oxygen atoms in total. The number of nitrogen functional groups attached to an aromatic ring is 1. The highest BCUT2D eigenvalue weighted by molar-refractivity contribution is 7.15. The molecule has 0 unspecified atom stereocenters. The Morgan fingerprint density at radius 3 is 2.65 bits per heavy atom. The van der Waals surface area contributed by atoms with Gasteiger partial charge in [-0.1, -0.05) is 0 Å². The number of nitrogens with two attached hydrogens (primary N) is 2. The van der Waals surface area contributed by atoms with Crippen molar-refractivity contribution in [1.82, 2.24) is 9.08 Å². The minimum absolute atomic E-state index is 0.0111. The zero-order valence-electron chi connectivity index (χ0n) is 14.0. The summed E-state index contributed by atoms with van der Waals surface area (Å²) in [5.74, 6) is 5.13. The van der Waals surface area contributed by atoms with Gasteiger partial charge in [0.2, 0.25) is 0 Å². The normalized spacial score (nSPS) is 14.1. The lowest BCUT2D eigenvalue weighted by atomic mass is 10.1. The molecule has 0 aliphatic heterocycles. The fourth-order valence-corrected chi connectivity index (χ4v) is 4.14. The fourth-order valence-electron chi connectivity index (χ4n) is 3.21. The van der Waals surface area contributed by atoms with E-state index in [1.165, 1.54) is 18.4 Å². The van der Waals surface area contributed by atoms with Crippen molar-refractivity contribution >= 4 is 16.9 Å². The molecule has 0 amide bonds. The van der Waals surface area contributed by atoms with E-state index in [9.17, 15) is 14.0 Å². The molecule has 4 rings (SSSR count). The number of hydrogen-bond donors (Lipinski definition) is 2. The first kappa shape index (κ1) is 16.8. The number of nitrogens with zero attached hydrogens (tertiary/aromatic N) is 2. The van der Waals surface area contributed by atoms with Crippen LogP contribution < -0.4 is 27.6 Å². The van der Waals surface area contributed by atoms with Gasteiger partial charge in [0.1, 0.15) is 5.52 Å². The van der Waals surface area contributed by atoms with Gasteiger partial charge in [-0.25, -0.2) is 9.18 Å². The third kappa shape index (κ3) is 2.35. The van der Waals surface area contributed by atoms with E-state index in [-0.39, 0.29) is 22.7 Å². The molecule has 0 radical (unpaired) electrons. The Balaban J connectivity index is 2.17. The third-order valence-corrected chi connectivity index (χ3v) is 5.70. The van der Waals surface area contributed by atoms with Crippen LogP contribution in [0.1, 0.15) is 29.2 Å². The van der Waals surface area contributed by atoms with Crippen molar-refractivity contribution in [2.24, 2.45) is 5.73 Å². The Labute approximate surface area is 151 Å². The summed E-state index contributed by atoms with van der Waals surface area (Å²) in [6.07, 6.45) is 2.69. The van der Waals surface area contributed by atoms with Gasteiger partial charge in [0, 0.05) is 16.3 Å². The molecule has 3 aromatic rings. The molecule has 0 spiro atoms. The first-order chi connectivity index (χ1) is 12.5. The monoisotopic (exact) mass is 376 g/mol. The standard InChI is InChI=1S/C17H17FN4O3S/c1-25-15-13(11-5-4-9(6-19)26-11)10(18)7-21-14(15)12(8-2-3-8)16(23)22(20)17(21)24/h4-5,7-8H,2-3,6,19-20H2,1H3. The van der Waals surface area contributed by atoms with Crippen LogP contribution in [0.2, 0.25) is 0 Å². The van der Waals surface area contributed by atoms with E-state index in [4.69, 9.17) is 16.3 Å². The maximum absolute atomic E-state index is 14.9. The second-order valence-corrected chi connectivity index (χ2v) is 7.39. The van der Waals surface area contributed by atoms with E-state index >= 15 is 0 Å². The van der Waals surface area contributed by atoms with Crippen molar-refractivity contribution < 1.29 is 9.13 Å². The van der Waals surface area contributed by atoms with Gasteiger partial charge in [-0.2, -0.15) is 4.68 Å². The highest BCUT2D eigenvalue weighted by Crippen LogP contribution is 2.45. The smallest absolute Gasteiger partial charge is 0.354 e. The van der Waals surface area contributed by atoms with Crippen molar-refractivity contribution in [1.29, 1.82) is 0 Å². The number of fused-ring (bicyclic) bond motifs is 1. The number of aromatic nitrogens is 2. The number of methoxy groups -OCH3 is 1. The number of hydrogen-bond acceptors (Lipinski definition) is 6. The lowest BCUT2D eigenvalue weighted by molar-refractivity contribution is 0.415. The average Bonchev–Trinajstić information content (AvgIpc) is 3.36. The highest BCUT2D eigenvalue weighted by Gasteiger charge is 2.33. The first-order valence-electron chi connectivity index (χ1n) is 8.10. The lowest BCUT2D eigenvalue weighted by Gasteiger charge is -2.16. The van der Waals surface area contributed by atoms with Gasteiger partial charge in [0.15, 0.2) is 11.6 Å². The summed E-state index contributed by atoms with van der Waals surface area (Å²) in [7, 11) is 1.39. The quantitative estimate of drug-likeness (QED) is 0.670. The predicted octanol–water partition coefficient (Wildman–Crippen LogP) is 1.39. The molecule has 1 fully saturated rings. The van der Waals surface area contributed by atoms with Gasteiger partial charge < -0.3 is 16.3 Å². The van der Waals surface area contributed by atoms with Gasteiger partial charge in [0.05, 0.1) is 24.4 Å². The van der Waals surface area contributed by atoms with Crippen LogP contribution in [-0.2, 0) is 6.54 Å². The Kier molecular flexibility index (Phi) is 3.85. The second kappa shape index (κ2) is 5.96. The maximum Gasteiger partial charge on any atom is 0.354 e. The molecular weight excluding hydrogens is 359 g/mol. The Morgan fingerprint density at radius 2 is 2.08 bits per heavy atom. The first-order valence-corrected chi connectivity index (χ1v) is 8.91. The molecular formula is C17H17FN4O3S. The molecule has 4 N–H and O–H groups in total. The Bertz CT molecular complexity index is 1140. The SMILES string of the molecule is COc1c(-c2ccc(CN)s2)c(F)cn2c(=O)n(N)c(=O)c(C3CC3)c12. The number of pyridine rings is 1. The highest BCUT2D eigenvalue weighted by atomic mass is 32.1. The van der Waals surface area contributed by atoms with Gasteiger partial charge >= 0.3 is 5.69 Å². The lowest BCUT2D eigenvalue weighted by Crippen LogP contribution is -2.44. The molecule has 9 heteroatoms. The van der Waals surface area contributed by atoms with Gasteiger partial charge in [-0.3, -0.25) is 9.20 Å². The van der Waals surface area contributed by atoms with E-state index in [0.29, 0.717) is 21.7 Å². The van der Waals surface area contributed by atoms with Crippen molar-refractivity contribution in [3.05, 3.63) is 55.4 Å². The van der Waals surface area contributed by atoms with Crippen LogP contribution in [0.15, 0.2) is 27.9 Å². The molecule has 1 aliphatic rings. The van der Waals surface area contributed by atoms with E-state index in [1.807, 2.05) is 6.07 Å². The molecule has 3 heterocycles. The zero-order chi connectivity index (χ0) is 18.6. The maximum atomic E-state index is 14.9. The molecule has 0 saturated heterocycles. The van der Waals surface area contributed by atoms with Crippen LogP contribution in [0.4, 0.5) is 4.39 Å². The molecule has 26 heavy (non-hydrogen) atoms. The fraction of sp³-hybridized carbons (Fsp3) is 0.294. The van der Waals surface area contributed by atoms with Crippen LogP contribution in [0.5, 0.6) is 5.75 Å². The van der Waals surface area contributed by atoms with Gasteiger partial charge in [-0.05, 0) is 30.9 Å². The summed E-state index contributed by atoms with van der Waals surface area (Å²) >= 11 is 1.34. The number of halogens is 1. The number of ether oxygens (including phenoxy) is 1. The van der Waals surface area contributed by atoms with Gasteiger partial charge in [-0.15, -0.1) is 11.3 Å². The molecule has 1 saturated carbocycles.